The Hall–Kier alpha value is -0.850. The van der Waals surface area contributed by atoms with Gasteiger partial charge in [-0.15, -0.1) is 0 Å². The molecule has 3 nitrogen and oxygen atoms in total. The maximum atomic E-state index is 8.42. The molecular weight excluding hydrogens is 152 g/mol. The predicted octanol–water partition coefficient (Wildman–Crippen LogP) is 0.788. The van der Waals surface area contributed by atoms with Gasteiger partial charge in [0.05, 0.1) is 12.7 Å². The Morgan fingerprint density at radius 3 is 3.25 bits per heavy atom. The number of nitrogens with zero attached hydrogens (tertiary/aromatic N) is 2. The molecule has 0 N–H and O–H groups in total. The van der Waals surface area contributed by atoms with Gasteiger partial charge < -0.3 is 4.74 Å². The van der Waals surface area contributed by atoms with E-state index in [4.69, 9.17) is 10.00 Å². The van der Waals surface area contributed by atoms with E-state index in [-0.39, 0.29) is 0 Å². The molecule has 0 amide bonds. The molecule has 1 rings (SSSR count). The highest BCUT2D eigenvalue weighted by Gasteiger charge is 2.14. The van der Waals surface area contributed by atoms with E-state index >= 15 is 0 Å². The topological polar surface area (TPSA) is 36.3 Å². The van der Waals surface area contributed by atoms with Gasteiger partial charge in [-0.05, 0) is 12.0 Å². The Balaban J connectivity index is 2.27. The first kappa shape index (κ1) is 9.24. The standard InChI is InChI=1S/C9H14N2O/c1-12-7-6-11-5-3-9(8-11)2-4-10/h2H,3,5-8H2,1H3/b9-2-. The second kappa shape index (κ2) is 4.91. The van der Waals surface area contributed by atoms with Gasteiger partial charge in [0.15, 0.2) is 0 Å². The van der Waals surface area contributed by atoms with Crippen LogP contribution >= 0.6 is 0 Å². The lowest BCUT2D eigenvalue weighted by Crippen LogP contribution is -2.23. The molecule has 1 heterocycles. The van der Waals surface area contributed by atoms with Crippen LogP contribution in [0.3, 0.4) is 0 Å². The summed E-state index contributed by atoms with van der Waals surface area (Å²) in [5, 5.41) is 8.42. The highest BCUT2D eigenvalue weighted by atomic mass is 16.5. The van der Waals surface area contributed by atoms with Crippen LogP contribution in [0.4, 0.5) is 0 Å². The Bertz CT molecular complexity index is 205. The number of rotatable bonds is 3. The molecule has 1 aliphatic heterocycles. The molecule has 12 heavy (non-hydrogen) atoms. The maximum absolute atomic E-state index is 8.42. The fourth-order valence-electron chi connectivity index (χ4n) is 1.37. The van der Waals surface area contributed by atoms with E-state index in [0.717, 1.165) is 32.7 Å². The third-order valence-corrected chi connectivity index (χ3v) is 2.06. The number of likely N-dealkylation sites (tertiary alicyclic amines) is 1. The first-order chi connectivity index (χ1) is 5.86. The van der Waals surface area contributed by atoms with Crippen molar-refractivity contribution in [1.29, 1.82) is 5.26 Å². The third kappa shape index (κ3) is 2.65. The van der Waals surface area contributed by atoms with Crippen LogP contribution in [0.1, 0.15) is 6.42 Å². The second-order valence-corrected chi connectivity index (χ2v) is 2.95. The molecule has 1 aliphatic rings. The third-order valence-electron chi connectivity index (χ3n) is 2.06. The maximum Gasteiger partial charge on any atom is 0.0912 e. The average molecular weight is 166 g/mol. The first-order valence-electron chi connectivity index (χ1n) is 4.15. The molecule has 66 valence electrons. The zero-order chi connectivity index (χ0) is 8.81. The largest absolute Gasteiger partial charge is 0.383 e. The molecule has 0 saturated carbocycles. The van der Waals surface area contributed by atoms with E-state index in [9.17, 15) is 0 Å². The fraction of sp³-hybridized carbons (Fsp3) is 0.667. The molecule has 0 bridgehead atoms. The minimum Gasteiger partial charge on any atom is -0.383 e. The van der Waals surface area contributed by atoms with E-state index in [1.165, 1.54) is 5.57 Å². The van der Waals surface area contributed by atoms with Gasteiger partial charge in [0.2, 0.25) is 0 Å². The molecular formula is C9H14N2O. The lowest BCUT2D eigenvalue weighted by Gasteiger charge is -2.12. The molecule has 1 saturated heterocycles. The fourth-order valence-corrected chi connectivity index (χ4v) is 1.37. The molecule has 3 heteroatoms. The Labute approximate surface area is 73.2 Å². The highest BCUT2D eigenvalue weighted by Crippen LogP contribution is 2.13. The van der Waals surface area contributed by atoms with Gasteiger partial charge in [-0.1, -0.05) is 0 Å². The van der Waals surface area contributed by atoms with Crippen molar-refractivity contribution in [3.63, 3.8) is 0 Å². The van der Waals surface area contributed by atoms with Crippen LogP contribution in [-0.2, 0) is 4.74 Å². The minimum atomic E-state index is 0.778. The van der Waals surface area contributed by atoms with Gasteiger partial charge in [0.25, 0.3) is 0 Å². The van der Waals surface area contributed by atoms with Gasteiger partial charge in [-0.2, -0.15) is 5.26 Å². The summed E-state index contributed by atoms with van der Waals surface area (Å²) >= 11 is 0. The van der Waals surface area contributed by atoms with Crippen LogP contribution in [0, 0.1) is 11.3 Å². The lowest BCUT2D eigenvalue weighted by molar-refractivity contribution is 0.162. The number of methoxy groups -OCH3 is 1. The van der Waals surface area contributed by atoms with E-state index in [1.54, 1.807) is 13.2 Å². The summed E-state index contributed by atoms with van der Waals surface area (Å²) in [6.07, 6.45) is 2.70. The van der Waals surface area contributed by atoms with Crippen molar-refractivity contribution >= 4 is 0 Å². The molecule has 0 aliphatic carbocycles. The van der Waals surface area contributed by atoms with E-state index in [1.807, 2.05) is 0 Å². The summed E-state index contributed by atoms with van der Waals surface area (Å²) < 4.78 is 4.97. The zero-order valence-electron chi connectivity index (χ0n) is 7.42. The van der Waals surface area contributed by atoms with Gasteiger partial charge in [0, 0.05) is 32.8 Å². The average Bonchev–Trinajstić information content (AvgIpc) is 2.50. The van der Waals surface area contributed by atoms with Crippen molar-refractivity contribution in [1.82, 2.24) is 4.90 Å². The summed E-state index contributed by atoms with van der Waals surface area (Å²) in [7, 11) is 1.71. The van der Waals surface area contributed by atoms with Crippen LogP contribution in [0.15, 0.2) is 11.6 Å². The Morgan fingerprint density at radius 2 is 2.58 bits per heavy atom. The van der Waals surface area contributed by atoms with E-state index < -0.39 is 0 Å². The van der Waals surface area contributed by atoms with Gasteiger partial charge in [0.1, 0.15) is 0 Å². The molecule has 0 aromatic heterocycles. The normalized spacial score (nSPS) is 21.5. The van der Waals surface area contributed by atoms with Crippen LogP contribution in [0.25, 0.3) is 0 Å². The minimum absolute atomic E-state index is 0.778. The van der Waals surface area contributed by atoms with Gasteiger partial charge >= 0.3 is 0 Å². The number of hydrogen-bond donors (Lipinski definition) is 0. The molecule has 1 fully saturated rings. The van der Waals surface area contributed by atoms with Crippen molar-refractivity contribution in [2.24, 2.45) is 0 Å². The monoisotopic (exact) mass is 166 g/mol. The Morgan fingerprint density at radius 1 is 1.75 bits per heavy atom. The number of hydrogen-bond acceptors (Lipinski definition) is 3. The summed E-state index contributed by atoms with van der Waals surface area (Å²) in [5.41, 5.74) is 1.24. The second-order valence-electron chi connectivity index (χ2n) is 2.95. The van der Waals surface area contributed by atoms with E-state index in [2.05, 4.69) is 11.0 Å². The van der Waals surface area contributed by atoms with Crippen LogP contribution in [0.5, 0.6) is 0 Å². The van der Waals surface area contributed by atoms with E-state index in [0.29, 0.717) is 0 Å². The highest BCUT2D eigenvalue weighted by molar-refractivity contribution is 5.17. The number of nitriles is 1. The lowest BCUT2D eigenvalue weighted by atomic mass is 10.2. The molecule has 0 aromatic carbocycles. The van der Waals surface area contributed by atoms with Crippen molar-refractivity contribution in [3.8, 4) is 6.07 Å². The van der Waals surface area contributed by atoms with Crippen molar-refractivity contribution in [3.05, 3.63) is 11.6 Å². The Kier molecular flexibility index (Phi) is 3.78. The molecule has 0 spiro atoms. The molecule has 0 unspecified atom stereocenters. The predicted molar refractivity (Wildman–Crippen MR) is 46.6 cm³/mol. The van der Waals surface area contributed by atoms with Gasteiger partial charge in [-0.3, -0.25) is 4.90 Å². The van der Waals surface area contributed by atoms with Crippen molar-refractivity contribution in [2.45, 2.75) is 6.42 Å². The SMILES string of the molecule is COCCN1CC/C(=C/C#N)C1. The molecule has 0 atom stereocenters. The smallest absolute Gasteiger partial charge is 0.0912 e. The summed E-state index contributed by atoms with van der Waals surface area (Å²) in [4.78, 5) is 2.30. The zero-order valence-corrected chi connectivity index (χ0v) is 7.42. The summed E-state index contributed by atoms with van der Waals surface area (Å²) in [6.45, 7) is 3.76. The van der Waals surface area contributed by atoms with Gasteiger partial charge in [-0.25, -0.2) is 0 Å². The number of ether oxygens (including phenoxy) is 1. The van der Waals surface area contributed by atoms with Crippen molar-refractivity contribution in [2.75, 3.05) is 33.4 Å². The van der Waals surface area contributed by atoms with Crippen LogP contribution in [0.2, 0.25) is 0 Å². The summed E-state index contributed by atoms with van der Waals surface area (Å²) in [6, 6.07) is 2.07. The summed E-state index contributed by atoms with van der Waals surface area (Å²) in [5.74, 6) is 0. The van der Waals surface area contributed by atoms with Crippen LogP contribution < -0.4 is 0 Å². The molecule has 0 radical (unpaired) electrons. The first-order valence-corrected chi connectivity index (χ1v) is 4.15. The molecule has 0 aromatic rings. The quantitative estimate of drug-likeness (QED) is 0.581. The van der Waals surface area contributed by atoms with Crippen LogP contribution in [-0.4, -0.2) is 38.3 Å². The number of allylic oxidation sites excluding steroid dienone is 1. The van der Waals surface area contributed by atoms with Crippen molar-refractivity contribution < 1.29 is 4.74 Å².